The van der Waals surface area contributed by atoms with Crippen LogP contribution >= 0.6 is 0 Å². The fourth-order valence-corrected chi connectivity index (χ4v) is 1.63. The van der Waals surface area contributed by atoms with Crippen LogP contribution in [0.2, 0.25) is 0 Å². The minimum Gasteiger partial charge on any atom is -0.494 e. The highest BCUT2D eigenvalue weighted by Crippen LogP contribution is 2.29. The monoisotopic (exact) mass is 239 g/mol. The van der Waals surface area contributed by atoms with Gasteiger partial charge in [0.25, 0.3) is 0 Å². The Balaban J connectivity index is 2.44. The maximum absolute atomic E-state index is 13.5. The van der Waals surface area contributed by atoms with E-state index in [-0.39, 0.29) is 5.75 Å². The van der Waals surface area contributed by atoms with Crippen molar-refractivity contribution in [1.82, 2.24) is 5.32 Å². The molecule has 1 aromatic carbocycles. The minimum absolute atomic E-state index is 0.0649. The van der Waals surface area contributed by atoms with Crippen LogP contribution in [0.1, 0.15) is 12.5 Å². The van der Waals surface area contributed by atoms with Crippen molar-refractivity contribution in [1.29, 1.82) is 0 Å². The molecule has 0 aromatic heterocycles. The van der Waals surface area contributed by atoms with Crippen molar-refractivity contribution < 1.29 is 23.5 Å². The van der Waals surface area contributed by atoms with Gasteiger partial charge < -0.3 is 14.8 Å². The van der Waals surface area contributed by atoms with Crippen molar-refractivity contribution in [2.24, 2.45) is 0 Å². The number of cyclic esters (lactones) is 2. The summed E-state index contributed by atoms with van der Waals surface area (Å²) in [5.41, 5.74) is -1.06. The van der Waals surface area contributed by atoms with Gasteiger partial charge in [-0.15, -0.1) is 0 Å². The minimum atomic E-state index is -1.36. The molecule has 90 valence electrons. The molecule has 6 heteroatoms. The average Bonchev–Trinajstić information content (AvgIpc) is 2.53. The molecule has 0 aliphatic carbocycles. The fraction of sp³-hybridized carbons (Fsp3) is 0.273. The summed E-state index contributed by atoms with van der Waals surface area (Å²) in [7, 11) is 1.34. The van der Waals surface area contributed by atoms with E-state index in [1.165, 1.54) is 26.2 Å². The SMILES string of the molecule is COc1ccc([C@]2(C)NC(=O)OC2=O)cc1F. The number of carbonyl (C=O) groups excluding carboxylic acids is 2. The van der Waals surface area contributed by atoms with Gasteiger partial charge in [0, 0.05) is 0 Å². The summed E-state index contributed by atoms with van der Waals surface area (Å²) in [6, 6.07) is 4.01. The molecule has 1 atom stereocenters. The molecule has 1 heterocycles. The predicted molar refractivity (Wildman–Crippen MR) is 54.9 cm³/mol. The van der Waals surface area contributed by atoms with Gasteiger partial charge in [-0.25, -0.2) is 14.0 Å². The molecule has 2 rings (SSSR count). The molecule has 0 spiro atoms. The third-order valence-electron chi connectivity index (χ3n) is 2.67. The van der Waals surface area contributed by atoms with Crippen molar-refractivity contribution in [2.75, 3.05) is 7.11 Å². The lowest BCUT2D eigenvalue weighted by Gasteiger charge is -2.19. The number of hydrogen-bond donors (Lipinski definition) is 1. The number of nitrogens with one attached hydrogen (secondary N) is 1. The molecule has 1 aliphatic rings. The van der Waals surface area contributed by atoms with Crippen LogP contribution < -0.4 is 10.1 Å². The van der Waals surface area contributed by atoms with E-state index in [0.717, 1.165) is 6.07 Å². The third-order valence-corrected chi connectivity index (χ3v) is 2.67. The number of methoxy groups -OCH3 is 1. The van der Waals surface area contributed by atoms with Gasteiger partial charge in [-0.2, -0.15) is 0 Å². The lowest BCUT2D eigenvalue weighted by atomic mass is 9.93. The summed E-state index contributed by atoms with van der Waals surface area (Å²) in [6.45, 7) is 1.45. The maximum atomic E-state index is 13.5. The van der Waals surface area contributed by atoms with Gasteiger partial charge >= 0.3 is 12.1 Å². The van der Waals surface area contributed by atoms with Gasteiger partial charge in [-0.05, 0) is 24.6 Å². The summed E-state index contributed by atoms with van der Waals surface area (Å²) in [5.74, 6) is -1.30. The van der Waals surface area contributed by atoms with Crippen LogP contribution in [-0.4, -0.2) is 19.2 Å². The van der Waals surface area contributed by atoms with Crippen molar-refractivity contribution in [3.63, 3.8) is 0 Å². The fourth-order valence-electron chi connectivity index (χ4n) is 1.63. The van der Waals surface area contributed by atoms with E-state index in [0.29, 0.717) is 5.56 Å². The molecule has 0 unspecified atom stereocenters. The number of hydrogen-bond acceptors (Lipinski definition) is 4. The Kier molecular flexibility index (Phi) is 2.49. The van der Waals surface area contributed by atoms with Gasteiger partial charge in [-0.3, -0.25) is 0 Å². The summed E-state index contributed by atoms with van der Waals surface area (Å²) in [4.78, 5) is 22.5. The van der Waals surface area contributed by atoms with E-state index in [4.69, 9.17) is 4.74 Å². The van der Waals surface area contributed by atoms with Gasteiger partial charge in [0.15, 0.2) is 17.1 Å². The number of carbonyl (C=O) groups is 2. The van der Waals surface area contributed by atoms with Gasteiger partial charge in [0.05, 0.1) is 7.11 Å². The van der Waals surface area contributed by atoms with Crippen LogP contribution in [0.4, 0.5) is 9.18 Å². The number of alkyl carbamates (subject to hydrolysis) is 1. The Morgan fingerprint density at radius 1 is 1.41 bits per heavy atom. The zero-order valence-electron chi connectivity index (χ0n) is 9.24. The summed E-state index contributed by atoms with van der Waals surface area (Å²) in [6.07, 6.45) is -0.839. The molecule has 1 amide bonds. The Hall–Kier alpha value is -2.11. The largest absolute Gasteiger partial charge is 0.494 e. The first-order chi connectivity index (χ1) is 7.97. The highest BCUT2D eigenvalue weighted by Gasteiger charge is 2.46. The summed E-state index contributed by atoms with van der Waals surface area (Å²) >= 11 is 0. The lowest BCUT2D eigenvalue weighted by Crippen LogP contribution is -2.40. The van der Waals surface area contributed by atoms with Crippen LogP contribution in [-0.2, 0) is 15.1 Å². The standard InChI is InChI=1S/C11H10FNO4/c1-11(9(14)17-10(15)13-11)6-3-4-8(16-2)7(12)5-6/h3-5H,1-2H3,(H,13,15)/t11-/m0/s1. The van der Waals surface area contributed by atoms with Crippen LogP contribution in [0.15, 0.2) is 18.2 Å². The van der Waals surface area contributed by atoms with Crippen molar-refractivity contribution in [3.8, 4) is 5.75 Å². The molecule has 1 saturated heterocycles. The first-order valence-corrected chi connectivity index (χ1v) is 4.86. The molecule has 1 N–H and O–H groups in total. The van der Waals surface area contributed by atoms with E-state index in [9.17, 15) is 14.0 Å². The van der Waals surface area contributed by atoms with Crippen LogP contribution in [0.25, 0.3) is 0 Å². The Bertz CT molecular complexity index is 502. The summed E-state index contributed by atoms with van der Waals surface area (Å²) in [5, 5.41) is 2.34. The van der Waals surface area contributed by atoms with Crippen LogP contribution in [0, 0.1) is 5.82 Å². The Labute approximate surface area is 96.5 Å². The third kappa shape index (κ3) is 1.71. The first-order valence-electron chi connectivity index (χ1n) is 4.86. The maximum Gasteiger partial charge on any atom is 0.416 e. The number of rotatable bonds is 2. The van der Waals surface area contributed by atoms with Crippen molar-refractivity contribution in [2.45, 2.75) is 12.5 Å². The highest BCUT2D eigenvalue weighted by atomic mass is 19.1. The molecule has 17 heavy (non-hydrogen) atoms. The second-order valence-electron chi connectivity index (χ2n) is 3.78. The van der Waals surface area contributed by atoms with Crippen LogP contribution in [0.5, 0.6) is 5.75 Å². The summed E-state index contributed by atoms with van der Waals surface area (Å²) < 4.78 is 22.7. The van der Waals surface area contributed by atoms with Gasteiger partial charge in [0.1, 0.15) is 0 Å². The Morgan fingerprint density at radius 3 is 2.59 bits per heavy atom. The van der Waals surface area contributed by atoms with E-state index < -0.39 is 23.4 Å². The number of benzene rings is 1. The zero-order chi connectivity index (χ0) is 12.6. The van der Waals surface area contributed by atoms with Crippen molar-refractivity contribution >= 4 is 12.1 Å². The molecule has 5 nitrogen and oxygen atoms in total. The second-order valence-corrected chi connectivity index (χ2v) is 3.78. The van der Waals surface area contributed by atoms with E-state index in [2.05, 4.69) is 10.1 Å². The van der Waals surface area contributed by atoms with E-state index in [1.807, 2.05) is 0 Å². The topological polar surface area (TPSA) is 64.6 Å². The molecule has 1 aliphatic heterocycles. The molecule has 0 saturated carbocycles. The lowest BCUT2D eigenvalue weighted by molar-refractivity contribution is -0.139. The van der Waals surface area contributed by atoms with Gasteiger partial charge in [0.2, 0.25) is 0 Å². The number of amides is 1. The number of ether oxygens (including phenoxy) is 2. The average molecular weight is 239 g/mol. The highest BCUT2D eigenvalue weighted by molar-refractivity contribution is 5.99. The van der Waals surface area contributed by atoms with Crippen LogP contribution in [0.3, 0.4) is 0 Å². The molecule has 1 aromatic rings. The van der Waals surface area contributed by atoms with E-state index in [1.54, 1.807) is 0 Å². The smallest absolute Gasteiger partial charge is 0.416 e. The quantitative estimate of drug-likeness (QED) is 0.624. The Morgan fingerprint density at radius 2 is 2.12 bits per heavy atom. The second kappa shape index (κ2) is 3.73. The molecule has 0 radical (unpaired) electrons. The molecular weight excluding hydrogens is 229 g/mol. The first kappa shape index (κ1) is 11.4. The normalized spacial score (nSPS) is 23.2. The van der Waals surface area contributed by atoms with Gasteiger partial charge in [-0.1, -0.05) is 6.07 Å². The molecular formula is C11H10FNO4. The zero-order valence-corrected chi connectivity index (χ0v) is 9.24. The van der Waals surface area contributed by atoms with Crippen molar-refractivity contribution in [3.05, 3.63) is 29.6 Å². The molecule has 0 bridgehead atoms. The molecule has 1 fully saturated rings. The number of halogens is 1. The number of esters is 1. The van der Waals surface area contributed by atoms with E-state index >= 15 is 0 Å². The predicted octanol–water partition coefficient (Wildman–Crippen LogP) is 1.32.